The summed E-state index contributed by atoms with van der Waals surface area (Å²) >= 11 is 8.90. The van der Waals surface area contributed by atoms with Crippen molar-refractivity contribution < 1.29 is 8.42 Å². The Kier molecular flexibility index (Phi) is 3.79. The standard InChI is InChI=1S/C9H6BrClN4O2S/c10-8-4-14-9(5-13-8)15-18(16,17)7-3-12-2-1-6(7)11/h1-5H,(H,14,15). The summed E-state index contributed by atoms with van der Waals surface area (Å²) in [6.45, 7) is 0. The zero-order chi connectivity index (χ0) is 13.2. The normalized spacial score (nSPS) is 11.2. The molecule has 94 valence electrons. The zero-order valence-electron chi connectivity index (χ0n) is 8.71. The van der Waals surface area contributed by atoms with E-state index >= 15 is 0 Å². The fourth-order valence-corrected chi connectivity index (χ4v) is 2.75. The van der Waals surface area contributed by atoms with Crippen molar-refractivity contribution >= 4 is 43.4 Å². The summed E-state index contributed by atoms with van der Waals surface area (Å²) < 4.78 is 26.7. The molecule has 2 aromatic rings. The minimum Gasteiger partial charge on any atom is -0.263 e. The molecule has 0 saturated heterocycles. The summed E-state index contributed by atoms with van der Waals surface area (Å²) in [6.07, 6.45) is 5.23. The van der Waals surface area contributed by atoms with Crippen LogP contribution in [0.3, 0.4) is 0 Å². The van der Waals surface area contributed by atoms with Gasteiger partial charge >= 0.3 is 0 Å². The third-order valence-electron chi connectivity index (χ3n) is 1.88. The molecule has 6 nitrogen and oxygen atoms in total. The van der Waals surface area contributed by atoms with Gasteiger partial charge in [-0.1, -0.05) is 11.6 Å². The summed E-state index contributed by atoms with van der Waals surface area (Å²) in [5, 5.41) is 0.0857. The Labute approximate surface area is 117 Å². The Morgan fingerprint density at radius 1 is 1.22 bits per heavy atom. The van der Waals surface area contributed by atoms with Crippen LogP contribution < -0.4 is 4.72 Å². The van der Waals surface area contributed by atoms with Gasteiger partial charge < -0.3 is 0 Å². The largest absolute Gasteiger partial charge is 0.266 e. The van der Waals surface area contributed by atoms with Gasteiger partial charge in [-0.3, -0.25) is 9.71 Å². The van der Waals surface area contributed by atoms with Crippen molar-refractivity contribution in [3.05, 3.63) is 40.5 Å². The number of hydrogen-bond acceptors (Lipinski definition) is 5. The van der Waals surface area contributed by atoms with Gasteiger partial charge in [0, 0.05) is 12.4 Å². The number of nitrogens with one attached hydrogen (secondary N) is 1. The second-order valence-electron chi connectivity index (χ2n) is 3.14. The third-order valence-corrected chi connectivity index (χ3v) is 4.12. The van der Waals surface area contributed by atoms with Crippen molar-refractivity contribution in [2.24, 2.45) is 0 Å². The van der Waals surface area contributed by atoms with Gasteiger partial charge in [-0.2, -0.15) is 0 Å². The highest BCUT2D eigenvalue weighted by atomic mass is 79.9. The molecule has 0 radical (unpaired) electrons. The molecule has 0 aliphatic rings. The molecule has 0 bridgehead atoms. The maximum atomic E-state index is 12.0. The molecule has 0 aromatic carbocycles. The Balaban J connectivity index is 2.33. The molecular formula is C9H6BrClN4O2S. The van der Waals surface area contributed by atoms with Crippen molar-refractivity contribution in [1.29, 1.82) is 0 Å². The van der Waals surface area contributed by atoms with Gasteiger partial charge in [-0.15, -0.1) is 0 Å². The first-order valence-electron chi connectivity index (χ1n) is 4.59. The Bertz CT molecular complexity index is 663. The van der Waals surface area contributed by atoms with E-state index in [0.29, 0.717) is 4.60 Å². The predicted molar refractivity (Wildman–Crippen MR) is 69.8 cm³/mol. The fraction of sp³-hybridized carbons (Fsp3) is 0. The van der Waals surface area contributed by atoms with Gasteiger partial charge in [0.15, 0.2) is 5.82 Å². The lowest BCUT2D eigenvalue weighted by atomic mass is 10.5. The maximum Gasteiger partial charge on any atom is 0.266 e. The number of hydrogen-bond donors (Lipinski definition) is 1. The van der Waals surface area contributed by atoms with E-state index in [4.69, 9.17) is 11.6 Å². The van der Waals surface area contributed by atoms with E-state index in [9.17, 15) is 8.42 Å². The molecule has 2 rings (SSSR count). The quantitative estimate of drug-likeness (QED) is 0.917. The molecule has 0 unspecified atom stereocenters. The summed E-state index contributed by atoms with van der Waals surface area (Å²) in [5.74, 6) is 0.0955. The molecule has 0 aliphatic carbocycles. The third kappa shape index (κ3) is 2.95. The first-order valence-corrected chi connectivity index (χ1v) is 7.24. The van der Waals surface area contributed by atoms with Gasteiger partial charge in [-0.25, -0.2) is 18.4 Å². The summed E-state index contributed by atoms with van der Waals surface area (Å²) in [4.78, 5) is 11.3. The molecule has 0 fully saturated rings. The zero-order valence-corrected chi connectivity index (χ0v) is 11.9. The molecule has 0 aliphatic heterocycles. The second kappa shape index (κ2) is 5.17. The van der Waals surface area contributed by atoms with Gasteiger partial charge in [-0.05, 0) is 22.0 Å². The topological polar surface area (TPSA) is 84.8 Å². The van der Waals surface area contributed by atoms with Crippen LogP contribution in [0.4, 0.5) is 5.82 Å². The lowest BCUT2D eigenvalue weighted by molar-refractivity contribution is 0.600. The Hall–Kier alpha value is -1.25. The minimum absolute atomic E-state index is 0.0857. The lowest BCUT2D eigenvalue weighted by Crippen LogP contribution is -2.14. The van der Waals surface area contributed by atoms with E-state index in [1.165, 1.54) is 24.7 Å². The van der Waals surface area contributed by atoms with Crippen LogP contribution in [-0.2, 0) is 10.0 Å². The fourth-order valence-electron chi connectivity index (χ4n) is 1.12. The Morgan fingerprint density at radius 3 is 2.61 bits per heavy atom. The van der Waals surface area contributed by atoms with Gasteiger partial charge in [0.05, 0.1) is 17.4 Å². The second-order valence-corrected chi connectivity index (χ2v) is 6.01. The van der Waals surface area contributed by atoms with Crippen LogP contribution in [0.25, 0.3) is 0 Å². The van der Waals surface area contributed by atoms with Crippen LogP contribution in [0.2, 0.25) is 5.02 Å². The number of aromatic nitrogens is 3. The summed E-state index contributed by atoms with van der Waals surface area (Å²) in [5.41, 5.74) is 0. The number of halogens is 2. The first-order chi connectivity index (χ1) is 8.49. The van der Waals surface area contributed by atoms with Crippen LogP contribution in [0, 0.1) is 0 Å². The highest BCUT2D eigenvalue weighted by Crippen LogP contribution is 2.21. The smallest absolute Gasteiger partial charge is 0.263 e. The van der Waals surface area contributed by atoms with Crippen LogP contribution in [-0.4, -0.2) is 23.4 Å². The van der Waals surface area contributed by atoms with Crippen LogP contribution in [0.1, 0.15) is 0 Å². The van der Waals surface area contributed by atoms with E-state index in [1.807, 2.05) is 0 Å². The maximum absolute atomic E-state index is 12.0. The molecule has 1 N–H and O–H groups in total. The average Bonchev–Trinajstić information content (AvgIpc) is 2.32. The molecule has 0 atom stereocenters. The van der Waals surface area contributed by atoms with Crippen LogP contribution >= 0.6 is 27.5 Å². The van der Waals surface area contributed by atoms with Crippen molar-refractivity contribution in [2.75, 3.05) is 4.72 Å². The molecule has 2 aromatic heterocycles. The van der Waals surface area contributed by atoms with Gasteiger partial charge in [0.2, 0.25) is 0 Å². The van der Waals surface area contributed by atoms with Crippen molar-refractivity contribution in [3.8, 4) is 0 Å². The number of sulfonamides is 1. The molecule has 18 heavy (non-hydrogen) atoms. The van der Waals surface area contributed by atoms with Gasteiger partial charge in [0.1, 0.15) is 9.50 Å². The minimum atomic E-state index is -3.82. The summed E-state index contributed by atoms with van der Waals surface area (Å²) in [7, 11) is -3.82. The molecule has 9 heteroatoms. The van der Waals surface area contributed by atoms with Crippen LogP contribution in [0.15, 0.2) is 40.4 Å². The highest BCUT2D eigenvalue weighted by Gasteiger charge is 2.18. The average molecular weight is 350 g/mol. The first kappa shape index (κ1) is 13.2. The van der Waals surface area contributed by atoms with Gasteiger partial charge in [0.25, 0.3) is 10.0 Å². The number of nitrogens with zero attached hydrogens (tertiary/aromatic N) is 3. The van der Waals surface area contributed by atoms with E-state index in [2.05, 4.69) is 35.6 Å². The molecular weight excluding hydrogens is 344 g/mol. The molecule has 2 heterocycles. The monoisotopic (exact) mass is 348 g/mol. The van der Waals surface area contributed by atoms with Crippen molar-refractivity contribution in [1.82, 2.24) is 15.0 Å². The van der Waals surface area contributed by atoms with E-state index in [0.717, 1.165) is 6.20 Å². The number of rotatable bonds is 3. The molecule has 0 saturated carbocycles. The van der Waals surface area contributed by atoms with E-state index in [-0.39, 0.29) is 15.7 Å². The highest BCUT2D eigenvalue weighted by molar-refractivity contribution is 9.10. The van der Waals surface area contributed by atoms with E-state index in [1.54, 1.807) is 0 Å². The Morgan fingerprint density at radius 2 is 2.00 bits per heavy atom. The van der Waals surface area contributed by atoms with Crippen molar-refractivity contribution in [2.45, 2.75) is 4.90 Å². The van der Waals surface area contributed by atoms with Crippen LogP contribution in [0.5, 0.6) is 0 Å². The lowest BCUT2D eigenvalue weighted by Gasteiger charge is -2.07. The summed E-state index contributed by atoms with van der Waals surface area (Å²) in [6, 6.07) is 1.39. The SMILES string of the molecule is O=S(=O)(Nc1cnc(Br)cn1)c1cnccc1Cl. The van der Waals surface area contributed by atoms with E-state index < -0.39 is 10.0 Å². The number of anilines is 1. The van der Waals surface area contributed by atoms with Crippen molar-refractivity contribution in [3.63, 3.8) is 0 Å². The molecule has 0 amide bonds. The molecule has 0 spiro atoms. The predicted octanol–water partition coefficient (Wildman–Crippen LogP) is 2.09. The number of pyridine rings is 1.